The number of oxime groups is 1. The summed E-state index contributed by atoms with van der Waals surface area (Å²) in [4.78, 5) is 17.2. The first-order valence-electron chi connectivity index (χ1n) is 9.69. The fourth-order valence-corrected chi connectivity index (χ4v) is 2.23. The summed E-state index contributed by atoms with van der Waals surface area (Å²) in [6, 6.07) is 4.87. The summed E-state index contributed by atoms with van der Waals surface area (Å²) in [5, 5.41) is 14.2. The van der Waals surface area contributed by atoms with Crippen molar-refractivity contribution >= 4 is 29.0 Å². The Labute approximate surface area is 183 Å². The van der Waals surface area contributed by atoms with E-state index in [-0.39, 0.29) is 13.2 Å². The van der Waals surface area contributed by atoms with Gasteiger partial charge in [-0.25, -0.2) is 21.5 Å². The number of hydrogen-bond donors (Lipinski definition) is 2. The summed E-state index contributed by atoms with van der Waals surface area (Å²) >= 11 is 0. The Morgan fingerprint density at radius 2 is 1.90 bits per heavy atom. The highest BCUT2D eigenvalue weighted by Crippen LogP contribution is 2.23. The van der Waals surface area contributed by atoms with Crippen LogP contribution < -0.4 is 16.7 Å². The summed E-state index contributed by atoms with van der Waals surface area (Å²) in [7, 11) is 1.42. The largest absolute Gasteiger partial charge is 0.475 e. The van der Waals surface area contributed by atoms with E-state index in [4.69, 9.17) is 21.3 Å². The molecule has 0 bridgehead atoms. The zero-order valence-corrected chi connectivity index (χ0v) is 19.0. The van der Waals surface area contributed by atoms with Crippen molar-refractivity contribution in [3.8, 4) is 11.8 Å². The van der Waals surface area contributed by atoms with Crippen LogP contribution in [0.3, 0.4) is 0 Å². The van der Waals surface area contributed by atoms with Crippen molar-refractivity contribution in [2.24, 2.45) is 27.0 Å². The summed E-state index contributed by atoms with van der Waals surface area (Å²) in [6.45, 7) is 9.44. The molecule has 31 heavy (non-hydrogen) atoms. The van der Waals surface area contributed by atoms with Crippen LogP contribution in [0.4, 0.5) is 10.5 Å². The molecular weight excluding hydrogens is 398 g/mol. The highest BCUT2D eigenvalue weighted by molar-refractivity contribution is 6.40. The van der Waals surface area contributed by atoms with Gasteiger partial charge in [0.25, 0.3) is 0 Å². The van der Waals surface area contributed by atoms with E-state index in [9.17, 15) is 4.79 Å². The molecule has 0 aliphatic rings. The molecule has 0 unspecified atom stereocenters. The zero-order valence-electron chi connectivity index (χ0n) is 19.0. The van der Waals surface area contributed by atoms with Crippen LogP contribution in [0.1, 0.15) is 45.2 Å². The standard InChI is InChI=1S/C21H31N7O3/c1-7-9-13-31-26-17(5)16(4)24-25-20(8-2)30-14-18-15(3)11-10-12-19(18)28(23)21(29)27(6)22/h10-12H,8,13-14,22-23H2,1-6H3/b24-16+,25-20-,26-17+. The van der Waals surface area contributed by atoms with Gasteiger partial charge in [0.2, 0.25) is 5.90 Å². The minimum atomic E-state index is -0.557. The van der Waals surface area contributed by atoms with E-state index >= 15 is 0 Å². The quantitative estimate of drug-likeness (QED) is 0.125. The second-order valence-corrected chi connectivity index (χ2v) is 6.53. The maximum Gasteiger partial charge on any atom is 0.352 e. The first-order chi connectivity index (χ1) is 14.7. The van der Waals surface area contributed by atoms with Crippen molar-refractivity contribution in [1.29, 1.82) is 0 Å². The molecule has 0 aliphatic heterocycles. The molecule has 0 heterocycles. The zero-order chi connectivity index (χ0) is 23.4. The van der Waals surface area contributed by atoms with Gasteiger partial charge >= 0.3 is 6.03 Å². The van der Waals surface area contributed by atoms with Crippen LogP contribution in [0, 0.1) is 18.8 Å². The monoisotopic (exact) mass is 429 g/mol. The Bertz CT molecular complexity index is 911. The van der Waals surface area contributed by atoms with Crippen LogP contribution in [0.2, 0.25) is 0 Å². The average molecular weight is 430 g/mol. The molecule has 168 valence electrons. The molecule has 1 aromatic carbocycles. The maximum absolute atomic E-state index is 12.1. The third kappa shape index (κ3) is 8.08. The molecule has 4 N–H and O–H groups in total. The smallest absolute Gasteiger partial charge is 0.352 e. The van der Waals surface area contributed by atoms with E-state index in [1.807, 2.05) is 19.9 Å². The van der Waals surface area contributed by atoms with Crippen LogP contribution in [0.5, 0.6) is 0 Å². The molecule has 0 spiro atoms. The van der Waals surface area contributed by atoms with Gasteiger partial charge in [0.05, 0.1) is 17.1 Å². The molecule has 0 radical (unpaired) electrons. The number of nitrogens with two attached hydrogens (primary N) is 2. The van der Waals surface area contributed by atoms with Crippen molar-refractivity contribution in [3.05, 3.63) is 29.3 Å². The maximum atomic E-state index is 12.1. The summed E-state index contributed by atoms with van der Waals surface area (Å²) in [5.41, 5.74) is 3.31. The first kappa shape index (κ1) is 25.6. The Morgan fingerprint density at radius 1 is 1.19 bits per heavy atom. The second kappa shape index (κ2) is 13.0. The fourth-order valence-electron chi connectivity index (χ4n) is 2.23. The second-order valence-electron chi connectivity index (χ2n) is 6.53. The molecule has 1 rings (SSSR count). The highest BCUT2D eigenvalue weighted by atomic mass is 16.6. The van der Waals surface area contributed by atoms with E-state index in [1.54, 1.807) is 32.9 Å². The molecule has 0 atom stereocenters. The van der Waals surface area contributed by atoms with Crippen molar-refractivity contribution < 1.29 is 14.4 Å². The lowest BCUT2D eigenvalue weighted by Crippen LogP contribution is -2.49. The van der Waals surface area contributed by atoms with E-state index in [0.29, 0.717) is 29.4 Å². The SMILES string of the molecule is CC#CCO/N=C(C)/C(C)=N/N=C(/CC)OCc1c(C)cccc1N(N)C(=O)N(C)N. The summed E-state index contributed by atoms with van der Waals surface area (Å²) < 4.78 is 5.85. The van der Waals surface area contributed by atoms with Gasteiger partial charge in [-0.2, -0.15) is 5.10 Å². The number of hydrazine groups is 2. The number of rotatable bonds is 8. The van der Waals surface area contributed by atoms with Crippen molar-refractivity contribution in [2.45, 2.75) is 47.6 Å². The van der Waals surface area contributed by atoms with Gasteiger partial charge in [0.1, 0.15) is 6.61 Å². The number of benzene rings is 1. The highest BCUT2D eigenvalue weighted by Gasteiger charge is 2.19. The minimum Gasteiger partial charge on any atom is -0.475 e. The van der Waals surface area contributed by atoms with Crippen molar-refractivity contribution in [2.75, 3.05) is 18.7 Å². The number of carbonyl (C=O) groups is 1. The van der Waals surface area contributed by atoms with Gasteiger partial charge < -0.3 is 9.57 Å². The Morgan fingerprint density at radius 3 is 2.52 bits per heavy atom. The normalized spacial score (nSPS) is 12.1. The number of amides is 2. The lowest BCUT2D eigenvalue weighted by Gasteiger charge is -2.24. The number of aryl methyl sites for hydroxylation is 1. The molecule has 0 aromatic heterocycles. The predicted molar refractivity (Wildman–Crippen MR) is 123 cm³/mol. The van der Waals surface area contributed by atoms with Crippen molar-refractivity contribution in [3.63, 3.8) is 0 Å². The van der Waals surface area contributed by atoms with Crippen LogP contribution >= 0.6 is 0 Å². The molecule has 0 saturated heterocycles. The predicted octanol–water partition coefficient (Wildman–Crippen LogP) is 2.72. The molecule has 1 aromatic rings. The van der Waals surface area contributed by atoms with Crippen LogP contribution in [-0.2, 0) is 16.2 Å². The first-order valence-corrected chi connectivity index (χ1v) is 9.69. The summed E-state index contributed by atoms with van der Waals surface area (Å²) in [6.07, 6.45) is 0.521. The number of carbonyl (C=O) groups excluding carboxylic acids is 1. The molecule has 0 saturated carbocycles. The number of nitrogens with zero attached hydrogens (tertiary/aromatic N) is 5. The van der Waals surface area contributed by atoms with E-state index in [0.717, 1.165) is 21.1 Å². The van der Waals surface area contributed by atoms with Gasteiger partial charge in [-0.3, -0.25) is 5.01 Å². The lowest BCUT2D eigenvalue weighted by atomic mass is 10.1. The Kier molecular flexibility index (Phi) is 10.7. The minimum absolute atomic E-state index is 0.157. The van der Waals surface area contributed by atoms with Crippen LogP contribution in [0.15, 0.2) is 33.6 Å². The van der Waals surface area contributed by atoms with E-state index < -0.39 is 6.03 Å². The van der Waals surface area contributed by atoms with Gasteiger partial charge in [0.15, 0.2) is 6.61 Å². The van der Waals surface area contributed by atoms with E-state index in [1.165, 1.54) is 7.05 Å². The number of anilines is 1. The number of ether oxygens (including phenoxy) is 1. The van der Waals surface area contributed by atoms with Crippen molar-refractivity contribution in [1.82, 2.24) is 5.01 Å². The third-order valence-electron chi connectivity index (χ3n) is 4.19. The summed E-state index contributed by atoms with van der Waals surface area (Å²) in [5.74, 6) is 17.4. The van der Waals surface area contributed by atoms with Gasteiger partial charge in [-0.1, -0.05) is 30.1 Å². The molecule has 10 nitrogen and oxygen atoms in total. The lowest BCUT2D eigenvalue weighted by molar-refractivity contribution is 0.180. The number of hydrogen-bond acceptors (Lipinski definition) is 8. The molecule has 10 heteroatoms. The molecule has 0 fully saturated rings. The Hall–Kier alpha value is -3.42. The third-order valence-corrected chi connectivity index (χ3v) is 4.19. The van der Waals surface area contributed by atoms with Gasteiger partial charge in [-0.15, -0.1) is 11.0 Å². The van der Waals surface area contributed by atoms with Gasteiger partial charge in [-0.05, 0) is 39.3 Å². The molecular formula is C21H31N7O3. The van der Waals surface area contributed by atoms with Gasteiger partial charge in [0, 0.05) is 19.0 Å². The average Bonchev–Trinajstić information content (AvgIpc) is 2.75. The van der Waals surface area contributed by atoms with Crippen LogP contribution in [-0.4, -0.2) is 42.0 Å². The van der Waals surface area contributed by atoms with E-state index in [2.05, 4.69) is 27.2 Å². The number of urea groups is 1. The molecule has 0 aliphatic carbocycles. The topological polar surface area (TPSA) is 131 Å². The van der Waals surface area contributed by atoms with Crippen LogP contribution in [0.25, 0.3) is 0 Å². The fraction of sp³-hybridized carbons (Fsp3) is 0.429. The Balaban J connectivity index is 2.97. The molecule has 2 amide bonds.